The highest BCUT2D eigenvalue weighted by Crippen LogP contribution is 2.22. The average molecular weight is 524 g/mol. The second-order valence-corrected chi connectivity index (χ2v) is 10.5. The van der Waals surface area contributed by atoms with Crippen molar-refractivity contribution in [2.75, 3.05) is 17.4 Å². The first-order chi connectivity index (χ1) is 17.7. The number of carbonyl (C=O) groups excluding carboxylic acids is 3. The number of ketones is 1. The topological polar surface area (TPSA) is 138 Å². The van der Waals surface area contributed by atoms with Gasteiger partial charge in [-0.1, -0.05) is 44.2 Å². The van der Waals surface area contributed by atoms with Gasteiger partial charge in [-0.25, -0.2) is 4.98 Å². The van der Waals surface area contributed by atoms with Gasteiger partial charge in [-0.3, -0.25) is 23.7 Å². The highest BCUT2D eigenvalue weighted by Gasteiger charge is 2.29. The lowest BCUT2D eigenvalue weighted by Crippen LogP contribution is -2.49. The predicted octanol–water partition coefficient (Wildman–Crippen LogP) is 2.20. The fourth-order valence-electron chi connectivity index (χ4n) is 3.48. The van der Waals surface area contributed by atoms with E-state index in [1.165, 1.54) is 24.5 Å². The summed E-state index contributed by atoms with van der Waals surface area (Å²) >= 11 is 0. The molecule has 0 fully saturated rings. The van der Waals surface area contributed by atoms with E-state index in [9.17, 15) is 22.8 Å². The van der Waals surface area contributed by atoms with E-state index in [1.807, 2.05) is 13.8 Å². The van der Waals surface area contributed by atoms with E-state index in [2.05, 4.69) is 20.6 Å². The summed E-state index contributed by atoms with van der Waals surface area (Å²) in [6.45, 7) is 2.86. The average Bonchev–Trinajstić information content (AvgIpc) is 2.91. The Morgan fingerprint density at radius 3 is 2.14 bits per heavy atom. The zero-order valence-electron chi connectivity index (χ0n) is 20.6. The second-order valence-electron chi connectivity index (χ2n) is 8.64. The number of rotatable bonds is 12. The number of aromatic nitrogens is 2. The Balaban J connectivity index is 1.70. The van der Waals surface area contributed by atoms with Gasteiger partial charge in [-0.15, -0.1) is 0 Å². The molecular weight excluding hydrogens is 494 g/mol. The Hall–Kier alpha value is -4.12. The molecule has 3 aromatic rings. The molecule has 2 heterocycles. The Labute approximate surface area is 216 Å². The lowest BCUT2D eigenvalue weighted by molar-refractivity contribution is -0.126. The predicted molar refractivity (Wildman–Crippen MR) is 138 cm³/mol. The number of nitrogens with zero attached hydrogens (tertiary/aromatic N) is 3. The number of Topliss-reactive ketones (excluding diaryl/α,β-unsaturated/α-hetero) is 1. The van der Waals surface area contributed by atoms with Gasteiger partial charge in [0.25, 0.3) is 15.9 Å². The van der Waals surface area contributed by atoms with Crippen LogP contribution >= 0.6 is 0 Å². The van der Waals surface area contributed by atoms with E-state index >= 15 is 0 Å². The molecule has 1 atom stereocenters. The van der Waals surface area contributed by atoms with Crippen LogP contribution in [0.2, 0.25) is 0 Å². The van der Waals surface area contributed by atoms with E-state index in [0.717, 1.165) is 4.31 Å². The van der Waals surface area contributed by atoms with E-state index in [0.29, 0.717) is 6.42 Å². The number of hydrogen-bond donors (Lipinski definition) is 2. The number of hydrogen-bond acceptors (Lipinski definition) is 7. The molecule has 0 unspecified atom stereocenters. The third-order valence-corrected chi connectivity index (χ3v) is 6.93. The van der Waals surface area contributed by atoms with E-state index < -0.39 is 46.8 Å². The smallest absolute Gasteiger partial charge is 0.282 e. The van der Waals surface area contributed by atoms with Crippen LogP contribution in [-0.2, 0) is 19.6 Å². The molecule has 10 nitrogen and oxygen atoms in total. The molecule has 0 aliphatic carbocycles. The van der Waals surface area contributed by atoms with Gasteiger partial charge < -0.3 is 10.6 Å². The van der Waals surface area contributed by atoms with Crippen LogP contribution in [0, 0.1) is 5.92 Å². The van der Waals surface area contributed by atoms with Crippen molar-refractivity contribution in [1.82, 2.24) is 20.6 Å². The first-order valence-electron chi connectivity index (χ1n) is 11.7. The summed E-state index contributed by atoms with van der Waals surface area (Å²) in [5.41, 5.74) is 0.450. The third kappa shape index (κ3) is 7.68. The summed E-state index contributed by atoms with van der Waals surface area (Å²) < 4.78 is 27.5. The summed E-state index contributed by atoms with van der Waals surface area (Å²) in [6, 6.07) is 16.6. The molecular formula is C26H29N5O5S. The molecule has 0 aliphatic heterocycles. The normalized spacial score (nSPS) is 12.0. The molecule has 0 aliphatic rings. The molecule has 194 valence electrons. The van der Waals surface area contributed by atoms with Gasteiger partial charge in [-0.05, 0) is 48.7 Å². The van der Waals surface area contributed by atoms with Crippen molar-refractivity contribution in [3.63, 3.8) is 0 Å². The fraction of sp³-hybridized carbons (Fsp3) is 0.269. The molecule has 2 N–H and O–H groups in total. The third-order valence-electron chi connectivity index (χ3n) is 5.24. The maximum atomic E-state index is 13.3. The Morgan fingerprint density at radius 1 is 0.892 bits per heavy atom. The number of para-hydroxylation sites is 1. The van der Waals surface area contributed by atoms with Crippen LogP contribution < -0.4 is 14.9 Å². The molecule has 0 radical (unpaired) electrons. The summed E-state index contributed by atoms with van der Waals surface area (Å²) in [6.07, 6.45) is 3.16. The Morgan fingerprint density at radius 2 is 1.54 bits per heavy atom. The minimum absolute atomic E-state index is 0.0765. The molecule has 0 saturated carbocycles. The van der Waals surface area contributed by atoms with Crippen LogP contribution in [0.25, 0.3) is 0 Å². The van der Waals surface area contributed by atoms with Crippen LogP contribution in [0.4, 0.5) is 5.69 Å². The van der Waals surface area contributed by atoms with Crippen LogP contribution in [0.1, 0.15) is 30.8 Å². The van der Waals surface area contributed by atoms with Crippen molar-refractivity contribution < 1.29 is 22.8 Å². The monoisotopic (exact) mass is 523 g/mol. The largest absolute Gasteiger partial charge is 0.347 e. The maximum Gasteiger partial charge on any atom is 0.282 e. The SMILES string of the molecule is CC(C)C[C@H](NC(=O)c1ccccn1)C(=O)NCC(=O)CN(c1ccccc1)S(=O)(=O)c1ccccn1. The van der Waals surface area contributed by atoms with Gasteiger partial charge in [0.2, 0.25) is 5.91 Å². The summed E-state index contributed by atoms with van der Waals surface area (Å²) in [4.78, 5) is 46.2. The number of pyridine rings is 2. The highest BCUT2D eigenvalue weighted by molar-refractivity contribution is 7.92. The number of sulfonamides is 1. The lowest BCUT2D eigenvalue weighted by atomic mass is 10.0. The van der Waals surface area contributed by atoms with Gasteiger partial charge in [0, 0.05) is 12.4 Å². The molecule has 11 heteroatoms. The van der Waals surface area contributed by atoms with Crippen molar-refractivity contribution in [2.24, 2.45) is 5.92 Å². The number of nitrogens with one attached hydrogen (secondary N) is 2. The van der Waals surface area contributed by atoms with Gasteiger partial charge in [-0.2, -0.15) is 8.42 Å². The zero-order chi connectivity index (χ0) is 26.8. The molecule has 2 aromatic heterocycles. The van der Waals surface area contributed by atoms with Crippen molar-refractivity contribution in [3.8, 4) is 0 Å². The van der Waals surface area contributed by atoms with Gasteiger partial charge in [0.05, 0.1) is 18.8 Å². The van der Waals surface area contributed by atoms with Crippen molar-refractivity contribution in [2.45, 2.75) is 31.3 Å². The first-order valence-corrected chi connectivity index (χ1v) is 13.1. The zero-order valence-corrected chi connectivity index (χ0v) is 21.4. The summed E-state index contributed by atoms with van der Waals surface area (Å²) in [7, 11) is -4.14. The second kappa shape index (κ2) is 12.7. The fourth-order valence-corrected chi connectivity index (χ4v) is 4.86. The van der Waals surface area contributed by atoms with Crippen molar-refractivity contribution in [3.05, 3.63) is 84.8 Å². The van der Waals surface area contributed by atoms with Gasteiger partial charge >= 0.3 is 0 Å². The van der Waals surface area contributed by atoms with Crippen molar-refractivity contribution >= 4 is 33.3 Å². The quantitative estimate of drug-likeness (QED) is 0.371. The van der Waals surface area contributed by atoms with Crippen LogP contribution in [0.5, 0.6) is 0 Å². The minimum atomic E-state index is -4.14. The molecule has 3 rings (SSSR count). The van der Waals surface area contributed by atoms with E-state index in [4.69, 9.17) is 0 Å². The molecule has 37 heavy (non-hydrogen) atoms. The first kappa shape index (κ1) is 27.5. The lowest BCUT2D eigenvalue weighted by Gasteiger charge is -2.24. The molecule has 0 spiro atoms. The minimum Gasteiger partial charge on any atom is -0.347 e. The number of benzene rings is 1. The Kier molecular flexibility index (Phi) is 9.45. The summed E-state index contributed by atoms with van der Waals surface area (Å²) in [5.74, 6) is -1.53. The number of anilines is 1. The molecule has 0 saturated heterocycles. The standard InChI is InChI=1S/C26H29N5O5S/c1-19(2)16-23(30-26(34)22-12-6-8-14-27-22)25(33)29-17-21(32)18-31(20-10-4-3-5-11-20)37(35,36)24-13-7-9-15-28-24/h3-15,19,23H,16-18H2,1-2H3,(H,29,33)(H,30,34)/t23-/m0/s1. The van der Waals surface area contributed by atoms with E-state index in [1.54, 1.807) is 54.6 Å². The van der Waals surface area contributed by atoms with E-state index in [-0.39, 0.29) is 22.3 Å². The molecule has 2 amide bonds. The van der Waals surface area contributed by atoms with Gasteiger partial charge in [0.1, 0.15) is 11.7 Å². The molecule has 1 aromatic carbocycles. The maximum absolute atomic E-state index is 13.3. The summed E-state index contributed by atoms with van der Waals surface area (Å²) in [5, 5.41) is 4.99. The van der Waals surface area contributed by atoms with Crippen LogP contribution in [0.15, 0.2) is 84.1 Å². The number of amides is 2. The Bertz CT molecular complexity index is 1300. The van der Waals surface area contributed by atoms with Crippen LogP contribution in [0.3, 0.4) is 0 Å². The number of carbonyl (C=O) groups is 3. The van der Waals surface area contributed by atoms with Gasteiger partial charge in [0.15, 0.2) is 10.8 Å². The van der Waals surface area contributed by atoms with Crippen molar-refractivity contribution in [1.29, 1.82) is 0 Å². The molecule has 0 bridgehead atoms. The van der Waals surface area contributed by atoms with Crippen LogP contribution in [-0.4, -0.2) is 55.1 Å². The highest BCUT2D eigenvalue weighted by atomic mass is 32.2.